The van der Waals surface area contributed by atoms with Crippen LogP contribution in [0.15, 0.2) is 78.0 Å². The van der Waals surface area contributed by atoms with Crippen LogP contribution in [0.2, 0.25) is 0 Å². The predicted octanol–water partition coefficient (Wildman–Crippen LogP) is 4.99. The monoisotopic (exact) mass is 523 g/mol. The quantitative estimate of drug-likeness (QED) is 0.267. The predicted molar refractivity (Wildman–Crippen MR) is 142 cm³/mol. The third-order valence-electron chi connectivity index (χ3n) is 5.65. The van der Waals surface area contributed by atoms with Crippen molar-refractivity contribution in [2.45, 2.75) is 37.6 Å². The minimum Gasteiger partial charge on any atom is -0.508 e. The van der Waals surface area contributed by atoms with Crippen molar-refractivity contribution < 1.29 is 17.9 Å². The zero-order valence-corrected chi connectivity index (χ0v) is 21.8. The Bertz CT molecular complexity index is 1500. The molecule has 0 spiro atoms. The molecule has 2 heterocycles. The third-order valence-corrected chi connectivity index (χ3v) is 7.11. The summed E-state index contributed by atoms with van der Waals surface area (Å²) in [5, 5.41) is 18.0. The number of halogens is 1. The molecule has 0 fully saturated rings. The molecule has 2 aromatic carbocycles. The van der Waals surface area contributed by atoms with E-state index in [9.17, 15) is 17.9 Å². The van der Waals surface area contributed by atoms with E-state index < -0.39 is 15.8 Å². The lowest BCUT2D eigenvalue weighted by Gasteiger charge is -2.18. The van der Waals surface area contributed by atoms with Crippen LogP contribution < -0.4 is 10.0 Å². The van der Waals surface area contributed by atoms with Crippen molar-refractivity contribution in [1.29, 1.82) is 0 Å². The lowest BCUT2D eigenvalue weighted by Crippen LogP contribution is -2.26. The number of anilines is 1. The summed E-state index contributed by atoms with van der Waals surface area (Å²) < 4.78 is 42.4. The van der Waals surface area contributed by atoms with E-state index in [1.165, 1.54) is 18.2 Å². The second kappa shape index (κ2) is 10.7. The molecule has 0 bridgehead atoms. The van der Waals surface area contributed by atoms with Gasteiger partial charge in [-0.05, 0) is 75.2 Å². The number of hydrogen-bond acceptors (Lipinski definition) is 6. The second-order valence-electron chi connectivity index (χ2n) is 9.62. The number of nitrogens with zero attached hydrogens (tertiary/aromatic N) is 3. The first-order chi connectivity index (χ1) is 17.5. The topological polar surface area (TPSA) is 109 Å². The van der Waals surface area contributed by atoms with Gasteiger partial charge < -0.3 is 10.4 Å². The molecule has 10 heteroatoms. The summed E-state index contributed by atoms with van der Waals surface area (Å²) in [5.41, 5.74) is 3.10. The number of hydrogen-bond donors (Lipinski definition) is 3. The molecular formula is C27H30FN5O3S. The summed E-state index contributed by atoms with van der Waals surface area (Å²) in [6.45, 7) is 6.86. The van der Waals surface area contributed by atoms with Gasteiger partial charge in [0.2, 0.25) is 10.0 Å². The minimum absolute atomic E-state index is 0.104. The highest BCUT2D eigenvalue weighted by Crippen LogP contribution is 2.34. The van der Waals surface area contributed by atoms with Crippen LogP contribution in [0.4, 0.5) is 10.2 Å². The molecule has 8 nitrogen and oxygen atoms in total. The molecule has 0 saturated heterocycles. The first-order valence-electron chi connectivity index (χ1n) is 11.9. The number of phenolic OH excluding ortho intramolecular Hbond substituents is 1. The lowest BCUT2D eigenvalue weighted by molar-refractivity contribution is 0.356. The molecule has 0 unspecified atom stereocenters. The number of pyridine rings is 1. The van der Waals surface area contributed by atoms with Gasteiger partial charge in [-0.3, -0.25) is 4.68 Å². The molecule has 4 rings (SSSR count). The Labute approximate surface area is 216 Å². The highest BCUT2D eigenvalue weighted by molar-refractivity contribution is 7.89. The standard InChI is InChI=1S/C27H30FN5O3S/c1-27(2,3)33-18-24(26(32-33)20-7-4-9-22(34)15-20)19-11-14-30-25(16-19)29-12-6-13-31-37(35,36)23-10-5-8-21(28)17-23/h4-5,7-11,14-18,31,34H,6,12-13H2,1-3H3,(H,29,30). The highest BCUT2D eigenvalue weighted by atomic mass is 32.2. The van der Waals surface area contributed by atoms with Crippen LogP contribution in [0.25, 0.3) is 22.4 Å². The van der Waals surface area contributed by atoms with Gasteiger partial charge in [-0.15, -0.1) is 0 Å². The molecule has 0 aliphatic heterocycles. The maximum atomic E-state index is 13.4. The molecule has 194 valence electrons. The van der Waals surface area contributed by atoms with Crippen LogP contribution in [0.1, 0.15) is 27.2 Å². The maximum absolute atomic E-state index is 13.4. The molecular weight excluding hydrogens is 493 g/mol. The summed E-state index contributed by atoms with van der Waals surface area (Å²) in [7, 11) is -3.78. The van der Waals surface area contributed by atoms with Crippen molar-refractivity contribution in [2.24, 2.45) is 0 Å². The number of aromatic hydroxyl groups is 1. The first kappa shape index (κ1) is 26.3. The molecule has 0 radical (unpaired) electrons. The first-order valence-corrected chi connectivity index (χ1v) is 13.4. The van der Waals surface area contributed by atoms with E-state index in [0.717, 1.165) is 28.5 Å². The van der Waals surface area contributed by atoms with Crippen LogP contribution in [-0.4, -0.2) is 41.4 Å². The average molecular weight is 524 g/mol. The van der Waals surface area contributed by atoms with Crippen molar-refractivity contribution >= 4 is 15.8 Å². The van der Waals surface area contributed by atoms with Crippen LogP contribution in [-0.2, 0) is 15.6 Å². The molecule has 2 aromatic heterocycles. The number of sulfonamides is 1. The second-order valence-corrected chi connectivity index (χ2v) is 11.4. The van der Waals surface area contributed by atoms with Crippen LogP contribution in [0, 0.1) is 5.82 Å². The molecule has 37 heavy (non-hydrogen) atoms. The van der Waals surface area contributed by atoms with Crippen molar-refractivity contribution in [3.63, 3.8) is 0 Å². The molecule has 0 amide bonds. The fourth-order valence-corrected chi connectivity index (χ4v) is 4.82. The van der Waals surface area contributed by atoms with E-state index in [-0.39, 0.29) is 22.7 Å². The van der Waals surface area contributed by atoms with Crippen LogP contribution >= 0.6 is 0 Å². The van der Waals surface area contributed by atoms with E-state index in [4.69, 9.17) is 5.10 Å². The third kappa shape index (κ3) is 6.52. The van der Waals surface area contributed by atoms with Gasteiger partial charge >= 0.3 is 0 Å². The molecule has 4 aromatic rings. The Kier molecular flexibility index (Phi) is 7.60. The Morgan fingerprint density at radius 2 is 1.78 bits per heavy atom. The van der Waals surface area contributed by atoms with Crippen LogP contribution in [0.3, 0.4) is 0 Å². The van der Waals surface area contributed by atoms with E-state index >= 15 is 0 Å². The Morgan fingerprint density at radius 3 is 2.51 bits per heavy atom. The number of aromatic nitrogens is 3. The number of rotatable bonds is 9. The average Bonchev–Trinajstić information content (AvgIpc) is 3.30. The summed E-state index contributed by atoms with van der Waals surface area (Å²) in [6.07, 6.45) is 4.18. The SMILES string of the molecule is CC(C)(C)n1cc(-c2ccnc(NCCCNS(=O)(=O)c3cccc(F)c3)c2)c(-c2cccc(O)c2)n1. The van der Waals surface area contributed by atoms with Crippen molar-refractivity contribution in [1.82, 2.24) is 19.5 Å². The van der Waals surface area contributed by atoms with Gasteiger partial charge in [0, 0.05) is 36.6 Å². The van der Waals surface area contributed by atoms with E-state index in [0.29, 0.717) is 18.8 Å². The van der Waals surface area contributed by atoms with Gasteiger partial charge in [-0.25, -0.2) is 22.5 Å². The number of phenols is 1. The van der Waals surface area contributed by atoms with E-state index in [1.807, 2.05) is 29.1 Å². The van der Waals surface area contributed by atoms with Gasteiger partial charge in [0.05, 0.1) is 10.4 Å². The Hall–Kier alpha value is -3.76. The van der Waals surface area contributed by atoms with E-state index in [1.54, 1.807) is 24.4 Å². The Balaban J connectivity index is 1.46. The van der Waals surface area contributed by atoms with Gasteiger partial charge in [0.25, 0.3) is 0 Å². The zero-order chi connectivity index (χ0) is 26.6. The van der Waals surface area contributed by atoms with Crippen molar-refractivity contribution in [3.8, 4) is 28.1 Å². The van der Waals surface area contributed by atoms with E-state index in [2.05, 4.69) is 35.8 Å². The van der Waals surface area contributed by atoms with Crippen molar-refractivity contribution in [3.05, 3.63) is 78.9 Å². The van der Waals surface area contributed by atoms with Crippen LogP contribution in [0.5, 0.6) is 5.75 Å². The largest absolute Gasteiger partial charge is 0.508 e. The summed E-state index contributed by atoms with van der Waals surface area (Å²) in [4.78, 5) is 4.28. The van der Waals surface area contributed by atoms with Gasteiger partial charge in [-0.2, -0.15) is 5.10 Å². The maximum Gasteiger partial charge on any atom is 0.240 e. The number of benzene rings is 2. The van der Waals surface area contributed by atoms with Crippen molar-refractivity contribution in [2.75, 3.05) is 18.4 Å². The lowest BCUT2D eigenvalue weighted by atomic mass is 10.0. The highest BCUT2D eigenvalue weighted by Gasteiger charge is 2.20. The minimum atomic E-state index is -3.78. The molecule has 0 saturated carbocycles. The normalized spacial score (nSPS) is 12.0. The molecule has 3 N–H and O–H groups in total. The summed E-state index contributed by atoms with van der Waals surface area (Å²) in [6, 6.07) is 15.7. The molecule has 0 aliphatic rings. The molecule has 0 atom stereocenters. The Morgan fingerprint density at radius 1 is 1.00 bits per heavy atom. The van der Waals surface area contributed by atoms with Gasteiger partial charge in [-0.1, -0.05) is 18.2 Å². The zero-order valence-electron chi connectivity index (χ0n) is 20.9. The fraction of sp³-hybridized carbons (Fsp3) is 0.259. The molecule has 0 aliphatic carbocycles. The van der Waals surface area contributed by atoms with Gasteiger partial charge in [0.1, 0.15) is 23.1 Å². The summed E-state index contributed by atoms with van der Waals surface area (Å²) >= 11 is 0. The fourth-order valence-electron chi connectivity index (χ4n) is 3.72. The van der Waals surface area contributed by atoms with Gasteiger partial charge in [0.15, 0.2) is 0 Å². The smallest absolute Gasteiger partial charge is 0.240 e. The number of nitrogens with one attached hydrogen (secondary N) is 2. The summed E-state index contributed by atoms with van der Waals surface area (Å²) in [5.74, 6) is 0.200.